The maximum Gasteiger partial charge on any atom is 0.254 e. The minimum Gasteiger partial charge on any atom is -0.467 e. The molecule has 0 atom stereocenters. The van der Waals surface area contributed by atoms with Crippen LogP contribution in [0.3, 0.4) is 0 Å². The van der Waals surface area contributed by atoms with Crippen molar-refractivity contribution in [3.63, 3.8) is 0 Å². The van der Waals surface area contributed by atoms with Crippen LogP contribution in [0.15, 0.2) is 45.9 Å². The van der Waals surface area contributed by atoms with Crippen LogP contribution in [-0.2, 0) is 16.6 Å². The van der Waals surface area contributed by atoms with E-state index < -0.39 is 10.0 Å². The van der Waals surface area contributed by atoms with Gasteiger partial charge < -0.3 is 9.32 Å². The lowest BCUT2D eigenvalue weighted by molar-refractivity contribution is 0.0735. The summed E-state index contributed by atoms with van der Waals surface area (Å²) in [6.45, 7) is 3.20. The summed E-state index contributed by atoms with van der Waals surface area (Å²) in [6.07, 6.45) is 4.43. The summed E-state index contributed by atoms with van der Waals surface area (Å²) in [4.78, 5) is 14.8. The number of amides is 1. The molecule has 1 aliphatic heterocycles. The largest absolute Gasteiger partial charge is 0.467 e. The Labute approximate surface area is 171 Å². The van der Waals surface area contributed by atoms with Crippen LogP contribution in [0.25, 0.3) is 0 Å². The zero-order chi connectivity index (χ0) is 20.9. The second kappa shape index (κ2) is 9.25. The van der Waals surface area contributed by atoms with Crippen LogP contribution < -0.4 is 0 Å². The number of piperidine rings is 1. The van der Waals surface area contributed by atoms with Crippen molar-refractivity contribution in [1.82, 2.24) is 9.21 Å². The number of furan rings is 1. The molecule has 0 radical (unpaired) electrons. The number of nitriles is 1. The molecule has 0 N–H and O–H groups in total. The summed E-state index contributed by atoms with van der Waals surface area (Å²) in [5.41, 5.74) is 0.900. The van der Waals surface area contributed by atoms with Crippen LogP contribution >= 0.6 is 0 Å². The number of aryl methyl sites for hydroxylation is 1. The Morgan fingerprint density at radius 1 is 1.24 bits per heavy atom. The van der Waals surface area contributed by atoms with Gasteiger partial charge in [-0.15, -0.1) is 0 Å². The highest BCUT2D eigenvalue weighted by atomic mass is 32.2. The summed E-state index contributed by atoms with van der Waals surface area (Å²) in [5.74, 6) is 0.274. The van der Waals surface area contributed by atoms with E-state index in [1.165, 1.54) is 21.5 Å². The molecule has 8 heteroatoms. The Bertz CT molecular complexity index is 987. The summed E-state index contributed by atoms with van der Waals surface area (Å²) in [5, 5.41) is 8.93. The minimum absolute atomic E-state index is 0.170. The zero-order valence-electron chi connectivity index (χ0n) is 16.5. The average Bonchev–Trinajstić information content (AvgIpc) is 3.24. The van der Waals surface area contributed by atoms with Crippen LogP contribution in [0.2, 0.25) is 0 Å². The van der Waals surface area contributed by atoms with Gasteiger partial charge in [0.2, 0.25) is 10.0 Å². The predicted molar refractivity (Wildman–Crippen MR) is 107 cm³/mol. The van der Waals surface area contributed by atoms with Gasteiger partial charge in [-0.3, -0.25) is 4.79 Å². The number of hydrogen-bond donors (Lipinski definition) is 0. The smallest absolute Gasteiger partial charge is 0.254 e. The molecular formula is C21H25N3O4S. The SMILES string of the molecule is Cc1ccc(C(=O)N(CCC#N)Cc2ccco2)cc1S(=O)(=O)N1CCCCC1. The quantitative estimate of drug-likeness (QED) is 0.691. The predicted octanol–water partition coefficient (Wildman–Crippen LogP) is 3.32. The van der Waals surface area contributed by atoms with Gasteiger partial charge in [0.25, 0.3) is 5.91 Å². The van der Waals surface area contributed by atoms with Crippen LogP contribution in [-0.4, -0.2) is 43.2 Å². The van der Waals surface area contributed by atoms with Crippen molar-refractivity contribution < 1.29 is 17.6 Å². The molecule has 1 fully saturated rings. The molecule has 1 aromatic heterocycles. The molecule has 154 valence electrons. The average molecular weight is 416 g/mol. The zero-order valence-corrected chi connectivity index (χ0v) is 17.3. The Balaban J connectivity index is 1.90. The molecule has 3 rings (SSSR count). The van der Waals surface area contributed by atoms with Crippen molar-refractivity contribution in [2.45, 2.75) is 44.0 Å². The van der Waals surface area contributed by atoms with Gasteiger partial charge in [0.15, 0.2) is 0 Å². The summed E-state index contributed by atoms with van der Waals surface area (Å²) >= 11 is 0. The van der Waals surface area contributed by atoms with E-state index in [2.05, 4.69) is 0 Å². The number of carbonyl (C=O) groups is 1. The van der Waals surface area contributed by atoms with Crippen LogP contribution in [0.1, 0.15) is 47.4 Å². The lowest BCUT2D eigenvalue weighted by Gasteiger charge is -2.27. The molecule has 0 saturated carbocycles. The number of benzene rings is 1. The lowest BCUT2D eigenvalue weighted by atomic mass is 10.1. The maximum absolute atomic E-state index is 13.1. The van der Waals surface area contributed by atoms with Crippen molar-refractivity contribution >= 4 is 15.9 Å². The van der Waals surface area contributed by atoms with Crippen molar-refractivity contribution in [1.29, 1.82) is 5.26 Å². The summed E-state index contributed by atoms with van der Waals surface area (Å²) < 4.78 is 33.1. The first kappa shape index (κ1) is 21.1. The monoisotopic (exact) mass is 415 g/mol. The first-order chi connectivity index (χ1) is 13.9. The van der Waals surface area contributed by atoms with E-state index in [0.29, 0.717) is 24.4 Å². The van der Waals surface area contributed by atoms with E-state index in [0.717, 1.165) is 19.3 Å². The fraction of sp³-hybridized carbons (Fsp3) is 0.429. The van der Waals surface area contributed by atoms with Gasteiger partial charge in [-0.2, -0.15) is 9.57 Å². The molecule has 2 aromatic rings. The third-order valence-corrected chi connectivity index (χ3v) is 7.12. The molecule has 1 aliphatic rings. The fourth-order valence-corrected chi connectivity index (χ4v) is 5.23. The van der Waals surface area contributed by atoms with Crippen LogP contribution in [0.5, 0.6) is 0 Å². The highest BCUT2D eigenvalue weighted by molar-refractivity contribution is 7.89. The molecule has 1 amide bonds. The lowest BCUT2D eigenvalue weighted by Crippen LogP contribution is -2.36. The van der Waals surface area contributed by atoms with E-state index in [-0.39, 0.29) is 35.9 Å². The van der Waals surface area contributed by atoms with Crippen LogP contribution in [0, 0.1) is 18.3 Å². The summed E-state index contributed by atoms with van der Waals surface area (Å²) in [6, 6.07) is 10.3. The maximum atomic E-state index is 13.1. The highest BCUT2D eigenvalue weighted by Gasteiger charge is 2.28. The van der Waals surface area contributed by atoms with Gasteiger partial charge in [0.05, 0.1) is 30.2 Å². The molecular weight excluding hydrogens is 390 g/mol. The Hall–Kier alpha value is -2.63. The third-order valence-electron chi connectivity index (χ3n) is 5.08. The first-order valence-electron chi connectivity index (χ1n) is 9.73. The van der Waals surface area contributed by atoms with Gasteiger partial charge in [0, 0.05) is 25.2 Å². The third kappa shape index (κ3) is 4.86. The first-order valence-corrected chi connectivity index (χ1v) is 11.2. The second-order valence-electron chi connectivity index (χ2n) is 7.16. The van der Waals surface area contributed by atoms with Crippen molar-refractivity contribution in [3.05, 3.63) is 53.5 Å². The number of sulfonamides is 1. The van der Waals surface area contributed by atoms with E-state index >= 15 is 0 Å². The molecule has 0 aliphatic carbocycles. The normalized spacial score (nSPS) is 15.0. The highest BCUT2D eigenvalue weighted by Crippen LogP contribution is 2.25. The second-order valence-corrected chi connectivity index (χ2v) is 9.07. The van der Waals surface area contributed by atoms with E-state index in [9.17, 15) is 13.2 Å². The number of carbonyl (C=O) groups excluding carboxylic acids is 1. The molecule has 0 spiro atoms. The molecule has 7 nitrogen and oxygen atoms in total. The van der Waals surface area contributed by atoms with E-state index in [4.69, 9.17) is 9.68 Å². The Morgan fingerprint density at radius 2 is 2.00 bits per heavy atom. The molecule has 1 aromatic carbocycles. The van der Waals surface area contributed by atoms with E-state index in [1.54, 1.807) is 31.2 Å². The van der Waals surface area contributed by atoms with Crippen LogP contribution in [0.4, 0.5) is 0 Å². The number of rotatable bonds is 7. The van der Waals surface area contributed by atoms with Gasteiger partial charge >= 0.3 is 0 Å². The van der Waals surface area contributed by atoms with Gasteiger partial charge in [-0.05, 0) is 49.6 Å². The number of hydrogen-bond acceptors (Lipinski definition) is 5. The standard InChI is InChI=1S/C21H25N3O4S/c1-17-8-9-18(15-20(17)29(26,27)24-12-3-2-4-13-24)21(25)23(11-6-10-22)16-19-7-5-14-28-19/h5,7-9,14-15H,2-4,6,11-13,16H2,1H3. The van der Waals surface area contributed by atoms with Crippen molar-refractivity contribution in [2.75, 3.05) is 19.6 Å². The molecule has 0 unspecified atom stereocenters. The number of nitrogens with zero attached hydrogens (tertiary/aromatic N) is 3. The van der Waals surface area contributed by atoms with Crippen molar-refractivity contribution in [3.8, 4) is 6.07 Å². The summed E-state index contributed by atoms with van der Waals surface area (Å²) in [7, 11) is -3.65. The molecule has 1 saturated heterocycles. The van der Waals surface area contributed by atoms with Gasteiger partial charge in [-0.1, -0.05) is 12.5 Å². The Morgan fingerprint density at radius 3 is 2.66 bits per heavy atom. The van der Waals surface area contributed by atoms with Gasteiger partial charge in [-0.25, -0.2) is 8.42 Å². The molecule has 2 heterocycles. The topological polar surface area (TPSA) is 94.6 Å². The van der Waals surface area contributed by atoms with Crippen molar-refractivity contribution in [2.24, 2.45) is 0 Å². The Kier molecular flexibility index (Phi) is 6.72. The molecule has 29 heavy (non-hydrogen) atoms. The van der Waals surface area contributed by atoms with Gasteiger partial charge in [0.1, 0.15) is 5.76 Å². The fourth-order valence-electron chi connectivity index (χ4n) is 3.47. The molecule has 0 bridgehead atoms. The minimum atomic E-state index is -3.65. The van der Waals surface area contributed by atoms with E-state index in [1.807, 2.05) is 6.07 Å².